The van der Waals surface area contributed by atoms with Crippen LogP contribution in [0.1, 0.15) is 0 Å². The average Bonchev–Trinajstić information content (AvgIpc) is 2.91. The molecule has 6 N–H and O–H groups in total. The Morgan fingerprint density at radius 3 is 2.84 bits per heavy atom. The minimum atomic E-state index is -0.00685. The van der Waals surface area contributed by atoms with Crippen LogP contribution in [0.5, 0.6) is 0 Å². The molecule has 8 nitrogen and oxygen atoms in total. The van der Waals surface area contributed by atoms with Gasteiger partial charge in [0, 0.05) is 17.8 Å². The van der Waals surface area contributed by atoms with E-state index < -0.39 is 0 Å². The zero-order chi connectivity index (χ0) is 13.8. The molecule has 0 bridgehead atoms. The van der Waals surface area contributed by atoms with Gasteiger partial charge in [-0.05, 0) is 11.6 Å². The highest BCUT2D eigenvalue weighted by molar-refractivity contribution is 5.72. The maximum absolute atomic E-state index is 11.8. The Balaban J connectivity index is 2.42. The summed E-state index contributed by atoms with van der Waals surface area (Å²) in [6.07, 6.45) is 3.31. The second-order valence-corrected chi connectivity index (χ2v) is 3.76. The van der Waals surface area contributed by atoms with Crippen molar-refractivity contribution in [2.75, 3.05) is 5.48 Å². The fraction of sp³-hybridized carbons (Fsp3) is 0. The fourth-order valence-corrected chi connectivity index (χ4v) is 1.57. The number of hydrogen-bond donors (Lipinski definition) is 5. The third-order valence-electron chi connectivity index (χ3n) is 2.41. The van der Waals surface area contributed by atoms with Crippen LogP contribution in [0.3, 0.4) is 0 Å². The molecule has 1 heterocycles. The summed E-state index contributed by atoms with van der Waals surface area (Å²) in [5.74, 6) is -0.00685. The normalized spacial score (nSPS) is 9.95. The van der Waals surface area contributed by atoms with Crippen molar-refractivity contribution in [3.8, 4) is 11.1 Å². The molecule has 0 aliphatic heterocycles. The van der Waals surface area contributed by atoms with Crippen molar-refractivity contribution in [2.45, 2.75) is 0 Å². The summed E-state index contributed by atoms with van der Waals surface area (Å²) in [7, 11) is 0. The summed E-state index contributed by atoms with van der Waals surface area (Å²) in [6, 6.07) is 4.87. The minimum absolute atomic E-state index is 0.00685. The number of hydrazine groups is 1. The van der Waals surface area contributed by atoms with Crippen molar-refractivity contribution in [1.82, 2.24) is 15.6 Å². The van der Waals surface area contributed by atoms with Crippen LogP contribution in [-0.2, 0) is 0 Å². The van der Waals surface area contributed by atoms with Gasteiger partial charge in [-0.15, -0.1) is 0 Å². The van der Waals surface area contributed by atoms with Gasteiger partial charge in [0.15, 0.2) is 10.7 Å². The molecule has 1 aromatic carbocycles. The van der Waals surface area contributed by atoms with Gasteiger partial charge in [-0.25, -0.2) is 0 Å². The zero-order valence-electron chi connectivity index (χ0n) is 9.92. The number of benzene rings is 1. The highest BCUT2D eigenvalue weighted by Crippen LogP contribution is 2.29. The Morgan fingerprint density at radius 1 is 1.47 bits per heavy atom. The maximum atomic E-state index is 11.8. The predicted octanol–water partition coefficient (Wildman–Crippen LogP) is 1.22. The van der Waals surface area contributed by atoms with E-state index in [1.165, 1.54) is 0 Å². The van der Waals surface area contributed by atoms with E-state index in [1.54, 1.807) is 30.6 Å². The van der Waals surface area contributed by atoms with E-state index in [0.717, 1.165) is 11.1 Å². The lowest BCUT2D eigenvalue weighted by atomic mass is 10.1. The molecule has 2 rings (SSSR count). The number of rotatable bonds is 5. The summed E-state index contributed by atoms with van der Waals surface area (Å²) in [5.41, 5.74) is 11.5. The molecule has 0 unspecified atom stereocenters. The molecule has 0 spiro atoms. The van der Waals surface area contributed by atoms with E-state index in [-0.39, 0.29) is 17.2 Å². The Hall–Kier alpha value is -2.87. The summed E-state index contributed by atoms with van der Waals surface area (Å²) in [6.45, 7) is 3.38. The monoisotopic (exact) mass is 261 g/mol. The second-order valence-electron chi connectivity index (χ2n) is 3.76. The molecule has 0 radical (unpaired) electrons. The molecule has 0 saturated heterocycles. The van der Waals surface area contributed by atoms with Gasteiger partial charge in [0.1, 0.15) is 5.69 Å². The van der Waals surface area contributed by atoms with Crippen LogP contribution in [0.2, 0.25) is 0 Å². The van der Waals surface area contributed by atoms with E-state index in [4.69, 9.17) is 10.9 Å². The first-order valence-corrected chi connectivity index (χ1v) is 5.33. The number of aromatic nitrogens is 2. The molecule has 8 heteroatoms. The molecule has 0 fully saturated rings. The standard InChI is InChI=1S/C11H13N6O2/c1-7(12)15-17(19)11-4-8(2-3-10(11)16-18)9-5-13-14-6-9/h2-6,16,18H,1,12H2,(H,13,14)(H,15,19)/q+1. The number of anilines is 1. The van der Waals surface area contributed by atoms with Crippen molar-refractivity contribution < 1.29 is 10.1 Å². The van der Waals surface area contributed by atoms with Crippen LogP contribution in [0, 0.1) is 4.91 Å². The van der Waals surface area contributed by atoms with Crippen molar-refractivity contribution >= 4 is 11.4 Å². The Bertz CT molecular complexity index is 608. The fourth-order valence-electron chi connectivity index (χ4n) is 1.57. The van der Waals surface area contributed by atoms with Gasteiger partial charge in [0.25, 0.3) is 0 Å². The Kier molecular flexibility index (Phi) is 3.44. The van der Waals surface area contributed by atoms with Crippen molar-refractivity contribution in [2.24, 2.45) is 5.73 Å². The number of aromatic amines is 1. The van der Waals surface area contributed by atoms with Crippen LogP contribution in [0.15, 0.2) is 43.0 Å². The molecule has 0 aliphatic rings. The van der Waals surface area contributed by atoms with Crippen LogP contribution < -0.4 is 16.6 Å². The van der Waals surface area contributed by atoms with Gasteiger partial charge in [-0.2, -0.15) is 5.10 Å². The highest BCUT2D eigenvalue weighted by atomic mass is 16.5. The van der Waals surface area contributed by atoms with Gasteiger partial charge in [-0.3, -0.25) is 15.8 Å². The molecule has 0 atom stereocenters. The molecule has 1 aromatic heterocycles. The van der Waals surface area contributed by atoms with Gasteiger partial charge < -0.3 is 5.73 Å². The van der Waals surface area contributed by atoms with E-state index in [1.807, 2.05) is 5.48 Å². The molecular weight excluding hydrogens is 248 g/mol. The topological polar surface area (TPSA) is 119 Å². The molecule has 0 saturated carbocycles. The molecule has 0 amide bonds. The Morgan fingerprint density at radius 2 is 2.26 bits per heavy atom. The van der Waals surface area contributed by atoms with Crippen molar-refractivity contribution in [1.29, 1.82) is 0 Å². The Labute approximate surface area is 108 Å². The SMILES string of the molecule is C=C(N)N[N+](=O)c1cc(-c2cn[nH]c2)ccc1NO. The van der Waals surface area contributed by atoms with E-state index in [9.17, 15) is 4.91 Å². The third-order valence-corrected chi connectivity index (χ3v) is 2.41. The van der Waals surface area contributed by atoms with E-state index in [0.29, 0.717) is 4.87 Å². The lowest BCUT2D eigenvalue weighted by Gasteiger charge is -2.03. The zero-order valence-corrected chi connectivity index (χ0v) is 9.92. The number of nitrogens with one attached hydrogen (secondary N) is 3. The third kappa shape index (κ3) is 2.69. The van der Waals surface area contributed by atoms with Gasteiger partial charge >= 0.3 is 5.69 Å². The van der Waals surface area contributed by atoms with Gasteiger partial charge in [-0.1, -0.05) is 18.1 Å². The molecule has 2 aromatic rings. The van der Waals surface area contributed by atoms with Crippen LogP contribution in [-0.4, -0.2) is 20.3 Å². The van der Waals surface area contributed by atoms with Crippen molar-refractivity contribution in [3.05, 3.63) is 47.9 Å². The lowest BCUT2D eigenvalue weighted by Crippen LogP contribution is -2.26. The first kappa shape index (κ1) is 12.6. The highest BCUT2D eigenvalue weighted by Gasteiger charge is 2.21. The minimum Gasteiger partial charge on any atom is -0.381 e. The average molecular weight is 261 g/mol. The number of nitrogens with two attached hydrogens (primary N) is 1. The molecular formula is C11H13N6O2+. The smallest absolute Gasteiger partial charge is 0.318 e. The predicted molar refractivity (Wildman–Crippen MR) is 69.2 cm³/mol. The maximum Gasteiger partial charge on any atom is 0.318 e. The van der Waals surface area contributed by atoms with Gasteiger partial charge in [0.2, 0.25) is 0 Å². The number of H-pyrrole nitrogens is 1. The summed E-state index contributed by atoms with van der Waals surface area (Å²) in [4.78, 5) is 12.3. The first-order chi connectivity index (χ1) is 9.11. The second kappa shape index (κ2) is 5.19. The number of hydrogen-bond acceptors (Lipinski definition) is 5. The molecule has 0 aliphatic carbocycles. The van der Waals surface area contributed by atoms with Crippen LogP contribution in [0.4, 0.5) is 11.4 Å². The van der Waals surface area contributed by atoms with Crippen LogP contribution >= 0.6 is 0 Å². The molecule has 19 heavy (non-hydrogen) atoms. The molecule has 98 valence electrons. The van der Waals surface area contributed by atoms with E-state index in [2.05, 4.69) is 22.2 Å². The summed E-state index contributed by atoms with van der Waals surface area (Å²) < 4.78 is 0. The largest absolute Gasteiger partial charge is 0.381 e. The van der Waals surface area contributed by atoms with Crippen LogP contribution in [0.25, 0.3) is 11.1 Å². The summed E-state index contributed by atoms with van der Waals surface area (Å²) >= 11 is 0. The lowest BCUT2D eigenvalue weighted by molar-refractivity contribution is -0.519. The number of nitrogens with zero attached hydrogens (tertiary/aromatic N) is 2. The quantitative estimate of drug-likeness (QED) is 0.408. The number of nitroso groups, excluding NO2 is 1. The van der Waals surface area contributed by atoms with E-state index >= 15 is 0 Å². The van der Waals surface area contributed by atoms with Gasteiger partial charge in [0.05, 0.1) is 11.1 Å². The first-order valence-electron chi connectivity index (χ1n) is 5.33. The summed E-state index contributed by atoms with van der Waals surface area (Å²) in [5, 5.41) is 15.5. The van der Waals surface area contributed by atoms with Crippen molar-refractivity contribution in [3.63, 3.8) is 0 Å².